The number of nitrogens with one attached hydrogen (secondary N) is 1. The van der Waals surface area contributed by atoms with Gasteiger partial charge in [-0.3, -0.25) is 4.79 Å². The molecule has 220 valence electrons. The van der Waals surface area contributed by atoms with Gasteiger partial charge in [-0.15, -0.1) is 0 Å². The van der Waals surface area contributed by atoms with E-state index in [2.05, 4.69) is 138 Å². The van der Waals surface area contributed by atoms with Crippen LogP contribution in [0.3, 0.4) is 0 Å². The van der Waals surface area contributed by atoms with Crippen LogP contribution in [0.2, 0.25) is 23.2 Å². The summed E-state index contributed by atoms with van der Waals surface area (Å²) in [5.41, 5.74) is 0.276. The van der Waals surface area contributed by atoms with Crippen molar-refractivity contribution >= 4 is 38.6 Å². The second kappa shape index (κ2) is 10.3. The summed E-state index contributed by atoms with van der Waals surface area (Å²) in [7, 11) is -4.96. The van der Waals surface area contributed by atoms with Crippen LogP contribution in [0.5, 0.6) is 0 Å². The maximum Gasteiger partial charge on any atom is 0.262 e. The molecule has 8 heteroatoms. The first-order chi connectivity index (χ1) is 19.1. The van der Waals surface area contributed by atoms with Gasteiger partial charge >= 0.3 is 0 Å². The predicted molar refractivity (Wildman–Crippen MR) is 171 cm³/mol. The molecule has 2 aromatic rings. The van der Waals surface area contributed by atoms with E-state index in [1.165, 1.54) is 10.4 Å². The van der Waals surface area contributed by atoms with Gasteiger partial charge in [0, 0.05) is 13.3 Å². The maximum absolute atomic E-state index is 12.6. The number of rotatable bonds is 7. The third-order valence-corrected chi connectivity index (χ3v) is 19.1. The zero-order valence-corrected chi connectivity index (χ0v) is 28.0. The lowest BCUT2D eigenvalue weighted by atomic mass is 9.76. The molecule has 1 amide bonds. The topological polar surface area (TPSA) is 69.2 Å². The fourth-order valence-electron chi connectivity index (χ4n) is 6.69. The molecule has 1 N–H and O–H groups in total. The molecule has 1 saturated carbocycles. The Hall–Kier alpha value is -2.53. The van der Waals surface area contributed by atoms with Crippen molar-refractivity contribution in [2.45, 2.75) is 102 Å². The van der Waals surface area contributed by atoms with Crippen LogP contribution < -0.4 is 15.7 Å². The molecule has 0 aromatic heterocycles. The molecule has 2 aliphatic carbocycles. The van der Waals surface area contributed by atoms with E-state index in [1.807, 2.05) is 0 Å². The average molecular weight is 591 g/mol. The van der Waals surface area contributed by atoms with Crippen molar-refractivity contribution in [3.8, 4) is 0 Å². The highest BCUT2D eigenvalue weighted by Crippen LogP contribution is 2.50. The highest BCUT2D eigenvalue weighted by atomic mass is 28.4. The van der Waals surface area contributed by atoms with Gasteiger partial charge in [0.1, 0.15) is 6.10 Å². The number of nitrogens with zero attached hydrogens (tertiary/aromatic N) is 1. The quantitative estimate of drug-likeness (QED) is 0.340. The van der Waals surface area contributed by atoms with Gasteiger partial charge in [0.2, 0.25) is 5.91 Å². The molecule has 1 aliphatic heterocycles. The smallest absolute Gasteiger partial charge is 0.262 e. The molecule has 0 saturated heterocycles. The van der Waals surface area contributed by atoms with Crippen molar-refractivity contribution in [1.82, 2.24) is 5.32 Å². The first-order valence-corrected chi connectivity index (χ1v) is 19.6. The number of carbonyl (C=O) groups excluding carboxylic acids is 1. The van der Waals surface area contributed by atoms with Crippen LogP contribution >= 0.6 is 0 Å². The van der Waals surface area contributed by atoms with Crippen molar-refractivity contribution in [1.29, 1.82) is 0 Å². The third kappa shape index (κ3) is 5.07. The molecule has 0 spiro atoms. The van der Waals surface area contributed by atoms with Crippen molar-refractivity contribution < 1.29 is 18.5 Å². The van der Waals surface area contributed by atoms with Gasteiger partial charge in [-0.05, 0) is 33.5 Å². The van der Waals surface area contributed by atoms with Gasteiger partial charge in [-0.2, -0.15) is 0 Å². The molecule has 5 atom stereocenters. The Kier molecular flexibility index (Phi) is 7.54. The third-order valence-electron chi connectivity index (χ3n) is 9.62. The van der Waals surface area contributed by atoms with Crippen LogP contribution in [0, 0.1) is 5.92 Å². The van der Waals surface area contributed by atoms with Gasteiger partial charge in [0.25, 0.3) is 8.32 Å². The standard InChI is InChI=1S/C33H46N2O4Si2/c1-23(36)34-33-21-20-26(30-28(33)29(35-37-30)27(22-33)38-40(8,9)31(2,3)4)39-41(32(5,6)7,24-16-12-10-13-17-24)25-18-14-11-15-19-25/h10-21,26-28,30H,22H2,1-9H3,(H,34,36)/t26-,27-,28-,30-,33+/m0/s1. The van der Waals surface area contributed by atoms with Crippen LogP contribution in [-0.2, 0) is 18.5 Å². The molecule has 6 nitrogen and oxygen atoms in total. The number of oxime groups is 1. The molecule has 5 rings (SSSR count). The van der Waals surface area contributed by atoms with E-state index in [0.29, 0.717) is 6.42 Å². The summed E-state index contributed by atoms with van der Waals surface area (Å²) in [6.45, 7) is 19.7. The van der Waals surface area contributed by atoms with E-state index in [4.69, 9.17) is 13.7 Å². The minimum Gasteiger partial charge on any atom is -0.408 e. The maximum atomic E-state index is 12.6. The van der Waals surface area contributed by atoms with Crippen LogP contribution in [-0.4, -0.2) is 52.1 Å². The van der Waals surface area contributed by atoms with Crippen molar-refractivity contribution in [2.75, 3.05) is 0 Å². The van der Waals surface area contributed by atoms with Crippen molar-refractivity contribution in [2.24, 2.45) is 11.1 Å². The molecule has 2 aromatic carbocycles. The minimum absolute atomic E-state index is 0.0477. The number of hydrogen-bond donors (Lipinski definition) is 1. The zero-order chi connectivity index (χ0) is 29.8. The summed E-state index contributed by atoms with van der Waals surface area (Å²) in [5.74, 6) is -0.228. The average Bonchev–Trinajstić information content (AvgIpc) is 3.46. The summed E-state index contributed by atoms with van der Waals surface area (Å²) < 4.78 is 14.4. The fourth-order valence-corrected chi connectivity index (χ4v) is 12.6. The Morgan fingerprint density at radius 1 is 0.927 bits per heavy atom. The second-order valence-corrected chi connectivity index (χ2v) is 23.5. The summed E-state index contributed by atoms with van der Waals surface area (Å²) in [6.07, 6.45) is 3.98. The lowest BCUT2D eigenvalue weighted by Gasteiger charge is -2.47. The Labute approximate surface area is 247 Å². The van der Waals surface area contributed by atoms with E-state index in [0.717, 1.165) is 5.71 Å². The summed E-state index contributed by atoms with van der Waals surface area (Å²) in [5, 5.41) is 10.3. The van der Waals surface area contributed by atoms with Crippen LogP contribution in [0.1, 0.15) is 54.9 Å². The number of benzene rings is 2. The van der Waals surface area contributed by atoms with E-state index in [9.17, 15) is 4.79 Å². The van der Waals surface area contributed by atoms with Crippen molar-refractivity contribution in [3.63, 3.8) is 0 Å². The van der Waals surface area contributed by atoms with Gasteiger partial charge in [-0.1, -0.05) is 120 Å². The SMILES string of the molecule is CC(=O)N[C@]12C=C[C@H](O[Si](c3ccccc3)(c3ccccc3)C(C)(C)C)[C@@H]3ON=C([C@@H](O[Si](C)(C)C(C)(C)C)C1)[C@@H]32. The molecule has 1 heterocycles. The lowest BCUT2D eigenvalue weighted by Crippen LogP contribution is -2.69. The molecule has 0 bridgehead atoms. The fraction of sp³-hybridized carbons (Fsp3) is 0.515. The highest BCUT2D eigenvalue weighted by Gasteiger charge is 2.64. The van der Waals surface area contributed by atoms with Crippen molar-refractivity contribution in [3.05, 3.63) is 72.8 Å². The summed E-state index contributed by atoms with van der Waals surface area (Å²) in [4.78, 5) is 18.9. The Bertz CT molecular complexity index is 1290. The van der Waals surface area contributed by atoms with Crippen LogP contribution in [0.4, 0.5) is 0 Å². The van der Waals surface area contributed by atoms with Gasteiger partial charge in [-0.25, -0.2) is 0 Å². The Morgan fingerprint density at radius 2 is 1.49 bits per heavy atom. The molecular weight excluding hydrogens is 545 g/mol. The van der Waals surface area contributed by atoms with E-state index in [1.54, 1.807) is 6.92 Å². The highest BCUT2D eigenvalue weighted by molar-refractivity contribution is 6.99. The van der Waals surface area contributed by atoms with Crippen LogP contribution in [0.15, 0.2) is 78.0 Å². The minimum atomic E-state index is -2.85. The molecule has 3 aliphatic rings. The monoisotopic (exact) mass is 590 g/mol. The second-order valence-electron chi connectivity index (χ2n) is 14.5. The van der Waals surface area contributed by atoms with E-state index >= 15 is 0 Å². The Morgan fingerprint density at radius 3 is 1.98 bits per heavy atom. The van der Waals surface area contributed by atoms with Gasteiger partial charge in [0.15, 0.2) is 14.4 Å². The first kappa shape index (κ1) is 29.9. The molecular formula is C33H46N2O4Si2. The number of carbonyl (C=O) groups is 1. The zero-order valence-electron chi connectivity index (χ0n) is 26.0. The van der Waals surface area contributed by atoms with E-state index < -0.39 is 22.2 Å². The van der Waals surface area contributed by atoms with Crippen LogP contribution in [0.25, 0.3) is 0 Å². The van der Waals surface area contributed by atoms with Gasteiger partial charge < -0.3 is 19.0 Å². The summed E-state index contributed by atoms with van der Waals surface area (Å²) >= 11 is 0. The largest absolute Gasteiger partial charge is 0.408 e. The van der Waals surface area contributed by atoms with E-state index in [-0.39, 0.29) is 40.2 Å². The number of hydrogen-bond acceptors (Lipinski definition) is 5. The summed E-state index contributed by atoms with van der Waals surface area (Å²) in [6, 6.07) is 21.3. The lowest BCUT2D eigenvalue weighted by molar-refractivity contribution is -0.121. The molecule has 41 heavy (non-hydrogen) atoms. The first-order valence-electron chi connectivity index (χ1n) is 14.8. The number of amides is 1. The molecule has 0 radical (unpaired) electrons. The normalized spacial score (nSPS) is 27.7. The molecule has 1 fully saturated rings. The predicted octanol–water partition coefficient (Wildman–Crippen LogP) is 5.54. The van der Waals surface area contributed by atoms with Gasteiger partial charge in [0.05, 0.1) is 23.3 Å². The Balaban J connectivity index is 1.57. The molecule has 0 unspecified atom stereocenters.